The molecule has 0 radical (unpaired) electrons. The standard InChI is InChI=1S/C11H16Cl2N2O2S/c1-15(4-3-5-18(2,16)17)8-11-10(13)6-9(12)7-14-11/h6-7H,3-5,8H2,1-2H3. The molecule has 0 N–H and O–H groups in total. The van der Waals surface area contributed by atoms with Gasteiger partial charge < -0.3 is 4.90 Å². The van der Waals surface area contributed by atoms with E-state index in [-0.39, 0.29) is 5.75 Å². The topological polar surface area (TPSA) is 50.3 Å². The van der Waals surface area contributed by atoms with Gasteiger partial charge in [0.1, 0.15) is 9.84 Å². The van der Waals surface area contributed by atoms with E-state index in [2.05, 4.69) is 4.98 Å². The average Bonchev–Trinajstić information content (AvgIpc) is 2.20. The van der Waals surface area contributed by atoms with Gasteiger partial charge in [-0.2, -0.15) is 0 Å². The van der Waals surface area contributed by atoms with Crippen molar-refractivity contribution >= 4 is 33.0 Å². The molecule has 1 aromatic rings. The minimum atomic E-state index is -2.89. The van der Waals surface area contributed by atoms with Crippen LogP contribution in [-0.4, -0.2) is 43.9 Å². The summed E-state index contributed by atoms with van der Waals surface area (Å²) in [6.45, 7) is 1.24. The third kappa shape index (κ3) is 6.00. The molecule has 4 nitrogen and oxygen atoms in total. The van der Waals surface area contributed by atoms with E-state index >= 15 is 0 Å². The van der Waals surface area contributed by atoms with Gasteiger partial charge in [0.25, 0.3) is 0 Å². The molecule has 1 heterocycles. The van der Waals surface area contributed by atoms with Gasteiger partial charge in [-0.3, -0.25) is 4.98 Å². The first-order valence-electron chi connectivity index (χ1n) is 5.44. The number of sulfone groups is 1. The van der Waals surface area contributed by atoms with Gasteiger partial charge in [0, 0.05) is 19.0 Å². The minimum Gasteiger partial charge on any atom is -0.300 e. The first-order chi connectivity index (χ1) is 8.28. The van der Waals surface area contributed by atoms with E-state index < -0.39 is 9.84 Å². The molecule has 0 aliphatic carbocycles. The van der Waals surface area contributed by atoms with Gasteiger partial charge >= 0.3 is 0 Å². The third-order valence-corrected chi connectivity index (χ3v) is 3.92. The zero-order valence-electron chi connectivity index (χ0n) is 10.4. The van der Waals surface area contributed by atoms with Crippen molar-refractivity contribution in [2.75, 3.05) is 25.6 Å². The lowest BCUT2D eigenvalue weighted by Gasteiger charge is -2.16. The van der Waals surface area contributed by atoms with Crippen LogP contribution in [0.3, 0.4) is 0 Å². The highest BCUT2D eigenvalue weighted by Crippen LogP contribution is 2.19. The fourth-order valence-corrected chi connectivity index (χ4v) is 2.58. The van der Waals surface area contributed by atoms with Crippen molar-refractivity contribution in [2.24, 2.45) is 0 Å². The Morgan fingerprint density at radius 1 is 1.39 bits per heavy atom. The largest absolute Gasteiger partial charge is 0.300 e. The normalized spacial score (nSPS) is 12.1. The maximum absolute atomic E-state index is 11.0. The van der Waals surface area contributed by atoms with E-state index in [0.29, 0.717) is 29.6 Å². The second-order valence-corrected chi connectivity index (χ2v) is 7.41. The molecule has 0 atom stereocenters. The number of hydrogen-bond acceptors (Lipinski definition) is 4. The van der Waals surface area contributed by atoms with Gasteiger partial charge in [-0.25, -0.2) is 8.42 Å². The van der Waals surface area contributed by atoms with Crippen molar-refractivity contribution < 1.29 is 8.42 Å². The molecule has 0 fully saturated rings. The van der Waals surface area contributed by atoms with Crippen LogP contribution in [0.15, 0.2) is 12.3 Å². The van der Waals surface area contributed by atoms with Gasteiger partial charge in [0.2, 0.25) is 0 Å². The lowest BCUT2D eigenvalue weighted by molar-refractivity contribution is 0.324. The summed E-state index contributed by atoms with van der Waals surface area (Å²) in [4.78, 5) is 6.13. The van der Waals surface area contributed by atoms with Crippen LogP contribution in [0.2, 0.25) is 10.0 Å². The highest BCUT2D eigenvalue weighted by Gasteiger charge is 2.08. The van der Waals surface area contributed by atoms with Crippen LogP contribution >= 0.6 is 23.2 Å². The Morgan fingerprint density at radius 3 is 2.61 bits per heavy atom. The van der Waals surface area contributed by atoms with Crippen LogP contribution in [0.1, 0.15) is 12.1 Å². The number of hydrogen-bond donors (Lipinski definition) is 0. The van der Waals surface area contributed by atoms with Gasteiger partial charge in [-0.05, 0) is 26.1 Å². The highest BCUT2D eigenvalue weighted by atomic mass is 35.5. The molecule has 0 unspecified atom stereocenters. The summed E-state index contributed by atoms with van der Waals surface area (Å²) in [5, 5.41) is 1.03. The molecule has 0 amide bonds. The van der Waals surface area contributed by atoms with Crippen molar-refractivity contribution in [3.8, 4) is 0 Å². The Balaban J connectivity index is 2.47. The Labute approximate surface area is 118 Å². The molecule has 1 aromatic heterocycles. The lowest BCUT2D eigenvalue weighted by Crippen LogP contribution is -2.22. The van der Waals surface area contributed by atoms with E-state index in [0.717, 1.165) is 5.69 Å². The second-order valence-electron chi connectivity index (χ2n) is 4.30. The third-order valence-electron chi connectivity index (χ3n) is 2.36. The number of rotatable bonds is 6. The Kier molecular flexibility index (Phi) is 5.85. The molecule has 18 heavy (non-hydrogen) atoms. The van der Waals surface area contributed by atoms with Gasteiger partial charge in [0.15, 0.2) is 0 Å². The number of aromatic nitrogens is 1. The van der Waals surface area contributed by atoms with Crippen molar-refractivity contribution in [3.63, 3.8) is 0 Å². The lowest BCUT2D eigenvalue weighted by atomic mass is 10.3. The number of nitrogens with zero attached hydrogens (tertiary/aromatic N) is 2. The van der Waals surface area contributed by atoms with Crippen LogP contribution < -0.4 is 0 Å². The zero-order valence-corrected chi connectivity index (χ0v) is 12.7. The molecule has 0 bridgehead atoms. The molecule has 7 heteroatoms. The maximum atomic E-state index is 11.0. The molecule has 0 spiro atoms. The Hall–Kier alpha value is -0.360. The van der Waals surface area contributed by atoms with Crippen molar-refractivity contribution in [2.45, 2.75) is 13.0 Å². The summed E-state index contributed by atoms with van der Waals surface area (Å²) in [5.74, 6) is 0.194. The van der Waals surface area contributed by atoms with E-state index in [1.807, 2.05) is 11.9 Å². The van der Waals surface area contributed by atoms with Crippen molar-refractivity contribution in [3.05, 3.63) is 28.0 Å². The number of halogens is 2. The molecular weight excluding hydrogens is 295 g/mol. The summed E-state index contributed by atoms with van der Waals surface area (Å²) in [7, 11) is -0.995. The van der Waals surface area contributed by atoms with Gasteiger partial charge in [0.05, 0.1) is 21.5 Å². The average molecular weight is 311 g/mol. The van der Waals surface area contributed by atoms with Crippen LogP contribution in [0.5, 0.6) is 0 Å². The smallest absolute Gasteiger partial charge is 0.147 e. The van der Waals surface area contributed by atoms with Crippen LogP contribution in [0, 0.1) is 0 Å². The summed E-state index contributed by atoms with van der Waals surface area (Å²) in [6, 6.07) is 1.65. The van der Waals surface area contributed by atoms with E-state index in [4.69, 9.17) is 23.2 Å². The van der Waals surface area contributed by atoms with Crippen LogP contribution in [0.4, 0.5) is 0 Å². The number of pyridine rings is 1. The van der Waals surface area contributed by atoms with E-state index in [1.54, 1.807) is 12.3 Å². The highest BCUT2D eigenvalue weighted by molar-refractivity contribution is 7.90. The molecule has 102 valence electrons. The summed E-state index contributed by atoms with van der Waals surface area (Å²) in [5.41, 5.74) is 0.739. The monoisotopic (exact) mass is 310 g/mol. The maximum Gasteiger partial charge on any atom is 0.147 e. The second kappa shape index (κ2) is 6.70. The quantitative estimate of drug-likeness (QED) is 0.808. The molecule has 1 rings (SSSR count). The van der Waals surface area contributed by atoms with Crippen molar-refractivity contribution in [1.29, 1.82) is 0 Å². The Morgan fingerprint density at radius 2 is 2.06 bits per heavy atom. The zero-order chi connectivity index (χ0) is 13.8. The SMILES string of the molecule is CN(CCCS(C)(=O)=O)Cc1ncc(Cl)cc1Cl. The van der Waals surface area contributed by atoms with Crippen LogP contribution in [-0.2, 0) is 16.4 Å². The fourth-order valence-electron chi connectivity index (χ4n) is 1.49. The van der Waals surface area contributed by atoms with Gasteiger partial charge in [-0.1, -0.05) is 23.2 Å². The summed E-state index contributed by atoms with van der Waals surface area (Å²) < 4.78 is 22.0. The molecule has 0 aliphatic rings. The first-order valence-corrected chi connectivity index (χ1v) is 8.26. The van der Waals surface area contributed by atoms with Crippen molar-refractivity contribution in [1.82, 2.24) is 9.88 Å². The molecule has 0 aliphatic heterocycles. The predicted octanol–water partition coefficient (Wildman–Crippen LogP) is 2.25. The Bertz CT molecular complexity index is 506. The van der Waals surface area contributed by atoms with Crippen LogP contribution in [0.25, 0.3) is 0 Å². The predicted molar refractivity (Wildman–Crippen MR) is 74.9 cm³/mol. The summed E-state index contributed by atoms with van der Waals surface area (Å²) in [6.07, 6.45) is 3.39. The molecular formula is C11H16Cl2N2O2S. The molecule has 0 saturated carbocycles. The first kappa shape index (κ1) is 15.7. The molecule has 0 aromatic carbocycles. The minimum absolute atomic E-state index is 0.194. The van der Waals surface area contributed by atoms with E-state index in [9.17, 15) is 8.42 Å². The van der Waals surface area contributed by atoms with Gasteiger partial charge in [-0.15, -0.1) is 0 Å². The fraction of sp³-hybridized carbons (Fsp3) is 0.545. The van der Waals surface area contributed by atoms with E-state index in [1.165, 1.54) is 6.26 Å². The molecule has 0 saturated heterocycles. The summed E-state index contributed by atoms with van der Waals surface area (Å²) >= 11 is 11.8.